The molecule has 0 spiro atoms. The Hall–Kier alpha value is -2.22. The van der Waals surface area contributed by atoms with Crippen LogP contribution in [0.5, 0.6) is 0 Å². The van der Waals surface area contributed by atoms with Gasteiger partial charge in [0, 0.05) is 6.07 Å². The molecule has 0 atom stereocenters. The van der Waals surface area contributed by atoms with Gasteiger partial charge in [-0.1, -0.05) is 46.7 Å². The molecule has 3 rings (SSSR count). The zero-order valence-electron chi connectivity index (χ0n) is 14.2. The van der Waals surface area contributed by atoms with Crippen molar-refractivity contribution in [3.05, 3.63) is 56.4 Å². The fourth-order valence-electron chi connectivity index (χ4n) is 2.33. The van der Waals surface area contributed by atoms with E-state index in [0.29, 0.717) is 43.2 Å². The Morgan fingerprint density at radius 3 is 2.58 bits per heavy atom. The first-order valence-corrected chi connectivity index (χ1v) is 9.23. The third-order valence-electron chi connectivity index (χ3n) is 3.50. The Kier molecular flexibility index (Phi) is 5.41. The number of halogens is 2. The van der Waals surface area contributed by atoms with E-state index < -0.39 is 0 Å². The van der Waals surface area contributed by atoms with E-state index in [0.717, 1.165) is 5.56 Å². The second-order valence-corrected chi connectivity index (χ2v) is 7.36. The van der Waals surface area contributed by atoms with Gasteiger partial charge in [-0.3, -0.25) is 4.79 Å². The van der Waals surface area contributed by atoms with Crippen molar-refractivity contribution in [3.63, 3.8) is 0 Å². The van der Waals surface area contributed by atoms with Crippen LogP contribution in [-0.2, 0) is 0 Å². The Morgan fingerprint density at radius 2 is 1.88 bits per heavy atom. The van der Waals surface area contributed by atoms with Crippen LogP contribution in [0, 0.1) is 20.8 Å². The van der Waals surface area contributed by atoms with Gasteiger partial charge in [0.1, 0.15) is 21.7 Å². The molecule has 0 aliphatic heterocycles. The largest absolute Gasteiger partial charge is 0.320 e. The van der Waals surface area contributed by atoms with Crippen LogP contribution in [0.15, 0.2) is 24.3 Å². The number of carbonyl (C=O) groups excluding carboxylic acids is 1. The van der Waals surface area contributed by atoms with E-state index in [4.69, 9.17) is 23.2 Å². The maximum absolute atomic E-state index is 12.6. The topological polar surface area (TPSA) is 79.8 Å². The molecular formula is C17H15Cl2N5OS. The van der Waals surface area contributed by atoms with Crippen molar-refractivity contribution in [2.75, 3.05) is 10.6 Å². The Bertz CT molecular complexity index is 949. The Labute approximate surface area is 164 Å². The molecule has 0 bridgehead atoms. The number of hydrogen-bond acceptors (Lipinski definition) is 6. The van der Waals surface area contributed by atoms with Gasteiger partial charge in [0.05, 0.1) is 16.4 Å². The van der Waals surface area contributed by atoms with Crippen LogP contribution in [-0.4, -0.2) is 20.9 Å². The Morgan fingerprint density at radius 1 is 1.12 bits per heavy atom. The lowest BCUT2D eigenvalue weighted by molar-refractivity contribution is 0.102. The number of aryl methyl sites for hydroxylation is 3. The van der Waals surface area contributed by atoms with E-state index in [1.54, 1.807) is 26.0 Å². The molecule has 0 aliphatic carbocycles. The SMILES string of the molecule is Cc1nc(Cl)cc(Nc2nc(C)c(C(=O)Nc3c(C)cccc3Cl)s2)n1. The lowest BCUT2D eigenvalue weighted by atomic mass is 10.2. The van der Waals surface area contributed by atoms with Gasteiger partial charge in [-0.2, -0.15) is 0 Å². The number of hydrogen-bond donors (Lipinski definition) is 2. The zero-order valence-corrected chi connectivity index (χ0v) is 16.6. The molecule has 2 heterocycles. The van der Waals surface area contributed by atoms with Crippen LogP contribution in [0.4, 0.5) is 16.6 Å². The quantitative estimate of drug-likeness (QED) is 0.583. The highest BCUT2D eigenvalue weighted by molar-refractivity contribution is 7.17. The van der Waals surface area contributed by atoms with Gasteiger partial charge in [0.2, 0.25) is 0 Å². The third kappa shape index (κ3) is 4.12. The van der Waals surface area contributed by atoms with E-state index in [9.17, 15) is 4.79 Å². The molecule has 134 valence electrons. The summed E-state index contributed by atoms with van der Waals surface area (Å²) in [7, 11) is 0. The van der Waals surface area contributed by atoms with Gasteiger partial charge >= 0.3 is 0 Å². The smallest absolute Gasteiger partial charge is 0.267 e. The third-order valence-corrected chi connectivity index (χ3v) is 5.09. The minimum Gasteiger partial charge on any atom is -0.320 e. The molecule has 6 nitrogen and oxygen atoms in total. The van der Waals surface area contributed by atoms with E-state index in [2.05, 4.69) is 25.6 Å². The van der Waals surface area contributed by atoms with Crippen LogP contribution in [0.1, 0.15) is 26.8 Å². The summed E-state index contributed by atoms with van der Waals surface area (Å²) >= 11 is 13.3. The number of anilines is 3. The standard InChI is InChI=1S/C17H15Cl2N5OS/c1-8-5-4-6-11(18)14(8)24-16(25)15-9(2)20-17(26-15)23-13-7-12(19)21-10(3)22-13/h4-7H,1-3H3,(H,24,25)(H,20,21,22,23). The van der Waals surface area contributed by atoms with Crippen molar-refractivity contribution in [1.82, 2.24) is 15.0 Å². The molecule has 3 aromatic rings. The number of nitrogens with one attached hydrogen (secondary N) is 2. The van der Waals surface area contributed by atoms with E-state index >= 15 is 0 Å². The number of aromatic nitrogens is 3. The predicted octanol–water partition coefficient (Wildman–Crippen LogP) is 5.16. The van der Waals surface area contributed by atoms with Gasteiger partial charge < -0.3 is 10.6 Å². The molecule has 26 heavy (non-hydrogen) atoms. The molecule has 2 aromatic heterocycles. The van der Waals surface area contributed by atoms with Crippen LogP contribution >= 0.6 is 34.5 Å². The number of carbonyl (C=O) groups is 1. The van der Waals surface area contributed by atoms with Crippen LogP contribution < -0.4 is 10.6 Å². The first kappa shape index (κ1) is 18.6. The minimum absolute atomic E-state index is 0.263. The maximum Gasteiger partial charge on any atom is 0.267 e. The molecule has 0 fully saturated rings. The maximum atomic E-state index is 12.6. The molecule has 0 radical (unpaired) electrons. The van der Waals surface area contributed by atoms with Crippen molar-refractivity contribution in [1.29, 1.82) is 0 Å². The van der Waals surface area contributed by atoms with Gasteiger partial charge in [-0.25, -0.2) is 15.0 Å². The summed E-state index contributed by atoms with van der Waals surface area (Å²) < 4.78 is 0. The number of benzene rings is 1. The summed E-state index contributed by atoms with van der Waals surface area (Å²) in [5.41, 5.74) is 2.09. The molecule has 1 aromatic carbocycles. The van der Waals surface area contributed by atoms with E-state index in [-0.39, 0.29) is 5.91 Å². The van der Waals surface area contributed by atoms with E-state index in [1.165, 1.54) is 11.3 Å². The molecule has 0 aliphatic rings. The first-order valence-electron chi connectivity index (χ1n) is 7.65. The average molecular weight is 408 g/mol. The number of amides is 1. The summed E-state index contributed by atoms with van der Waals surface area (Å²) in [5.74, 6) is 0.798. The number of rotatable bonds is 4. The number of thiazole rings is 1. The molecular weight excluding hydrogens is 393 g/mol. The molecule has 0 unspecified atom stereocenters. The summed E-state index contributed by atoms with van der Waals surface area (Å²) in [5, 5.41) is 7.27. The average Bonchev–Trinajstić information content (AvgIpc) is 2.90. The summed E-state index contributed by atoms with van der Waals surface area (Å²) in [6.07, 6.45) is 0. The van der Waals surface area contributed by atoms with Crippen molar-refractivity contribution in [3.8, 4) is 0 Å². The zero-order chi connectivity index (χ0) is 18.8. The second kappa shape index (κ2) is 7.57. The molecule has 2 N–H and O–H groups in total. The lowest BCUT2D eigenvalue weighted by Crippen LogP contribution is -2.12. The van der Waals surface area contributed by atoms with E-state index in [1.807, 2.05) is 19.1 Å². The predicted molar refractivity (Wildman–Crippen MR) is 106 cm³/mol. The second-order valence-electron chi connectivity index (χ2n) is 5.57. The summed E-state index contributed by atoms with van der Waals surface area (Å²) in [6.45, 7) is 5.40. The summed E-state index contributed by atoms with van der Waals surface area (Å²) in [6, 6.07) is 7.05. The molecule has 9 heteroatoms. The van der Waals surface area contributed by atoms with Crippen LogP contribution in [0.2, 0.25) is 10.2 Å². The molecule has 0 saturated carbocycles. The van der Waals surface area contributed by atoms with Gasteiger partial charge in [0.25, 0.3) is 5.91 Å². The normalized spacial score (nSPS) is 10.7. The summed E-state index contributed by atoms with van der Waals surface area (Å²) in [4.78, 5) is 25.8. The van der Waals surface area contributed by atoms with Crippen molar-refractivity contribution in [2.45, 2.75) is 20.8 Å². The highest BCUT2D eigenvalue weighted by atomic mass is 35.5. The number of nitrogens with zero attached hydrogens (tertiary/aromatic N) is 3. The van der Waals surface area contributed by atoms with Crippen molar-refractivity contribution >= 4 is 57.1 Å². The van der Waals surface area contributed by atoms with Gasteiger partial charge in [0.15, 0.2) is 5.13 Å². The molecule has 0 saturated heterocycles. The van der Waals surface area contributed by atoms with Crippen molar-refractivity contribution in [2.24, 2.45) is 0 Å². The molecule has 1 amide bonds. The lowest BCUT2D eigenvalue weighted by Gasteiger charge is -2.09. The Balaban J connectivity index is 1.82. The van der Waals surface area contributed by atoms with Gasteiger partial charge in [-0.05, 0) is 32.4 Å². The van der Waals surface area contributed by atoms with Crippen LogP contribution in [0.3, 0.4) is 0 Å². The fraction of sp³-hybridized carbons (Fsp3) is 0.176. The highest BCUT2D eigenvalue weighted by Gasteiger charge is 2.18. The minimum atomic E-state index is -0.263. The van der Waals surface area contributed by atoms with Crippen molar-refractivity contribution < 1.29 is 4.79 Å². The number of para-hydroxylation sites is 1. The monoisotopic (exact) mass is 407 g/mol. The van der Waals surface area contributed by atoms with Crippen LogP contribution in [0.25, 0.3) is 0 Å². The van der Waals surface area contributed by atoms with Gasteiger partial charge in [-0.15, -0.1) is 0 Å². The highest BCUT2D eigenvalue weighted by Crippen LogP contribution is 2.29. The first-order chi connectivity index (χ1) is 12.3. The fourth-order valence-corrected chi connectivity index (χ4v) is 3.69.